The van der Waals surface area contributed by atoms with Crippen molar-refractivity contribution >= 4 is 10.0 Å². The third kappa shape index (κ3) is 3.12. The largest absolute Gasteiger partial charge is 0.493 e. The fraction of sp³-hybridized carbons (Fsp3) is 0.538. The van der Waals surface area contributed by atoms with Crippen LogP contribution in [0.5, 0.6) is 11.5 Å². The summed E-state index contributed by atoms with van der Waals surface area (Å²) in [5.41, 5.74) is 0. The molecule has 0 spiro atoms. The zero-order chi connectivity index (χ0) is 15.6. The summed E-state index contributed by atoms with van der Waals surface area (Å²) in [6.07, 6.45) is 0.354. The van der Waals surface area contributed by atoms with Crippen molar-refractivity contribution in [2.45, 2.75) is 23.8 Å². The number of nitrogens with zero attached hydrogens (tertiary/aromatic N) is 1. The van der Waals surface area contributed by atoms with Crippen molar-refractivity contribution in [2.75, 3.05) is 27.3 Å². The molecule has 0 aliphatic carbocycles. The summed E-state index contributed by atoms with van der Waals surface area (Å²) in [5.74, 6) is -0.657. The molecular weight excluding hydrogens is 301 g/mol. The molecule has 1 saturated heterocycles. The number of rotatable bonds is 4. The molecule has 0 saturated carbocycles. The molecule has 21 heavy (non-hydrogen) atoms. The first-order valence-corrected chi connectivity index (χ1v) is 7.94. The van der Waals surface area contributed by atoms with E-state index in [2.05, 4.69) is 0 Å². The quantitative estimate of drug-likeness (QED) is 0.895. The van der Waals surface area contributed by atoms with Crippen LogP contribution in [0.15, 0.2) is 17.0 Å². The van der Waals surface area contributed by atoms with Crippen molar-refractivity contribution in [3.63, 3.8) is 0 Å². The van der Waals surface area contributed by atoms with Crippen LogP contribution in [-0.2, 0) is 10.0 Å². The summed E-state index contributed by atoms with van der Waals surface area (Å²) >= 11 is 0. The lowest BCUT2D eigenvalue weighted by Crippen LogP contribution is -2.42. The fourth-order valence-electron chi connectivity index (χ4n) is 2.31. The molecule has 0 bridgehead atoms. The smallest absolute Gasteiger partial charge is 0.246 e. The second-order valence-electron chi connectivity index (χ2n) is 4.80. The Kier molecular flexibility index (Phi) is 4.70. The van der Waals surface area contributed by atoms with Gasteiger partial charge in [-0.2, -0.15) is 4.31 Å². The lowest BCUT2D eigenvalue weighted by atomic mass is 10.1. The number of hydrogen-bond donors (Lipinski definition) is 1. The Morgan fingerprint density at radius 1 is 1.29 bits per heavy atom. The average Bonchev–Trinajstić information content (AvgIpc) is 2.46. The van der Waals surface area contributed by atoms with Gasteiger partial charge in [-0.3, -0.25) is 0 Å². The third-order valence-electron chi connectivity index (χ3n) is 3.42. The van der Waals surface area contributed by atoms with E-state index in [0.717, 1.165) is 16.4 Å². The standard InChI is InChI=1S/C13H18FNO5S/c1-19-11-6-10(14)13(7-12(11)20-2)21(17,18)15-5-3-4-9(16)8-15/h6-7,9,16H,3-5,8H2,1-2H3. The SMILES string of the molecule is COc1cc(F)c(S(=O)(=O)N2CCCC(O)C2)cc1OC. The van der Waals surface area contributed by atoms with E-state index in [1.54, 1.807) is 0 Å². The summed E-state index contributed by atoms with van der Waals surface area (Å²) in [7, 11) is -1.34. The van der Waals surface area contributed by atoms with Gasteiger partial charge >= 0.3 is 0 Å². The Hall–Kier alpha value is -1.38. The van der Waals surface area contributed by atoms with Crippen LogP contribution >= 0.6 is 0 Å². The summed E-state index contributed by atoms with van der Waals surface area (Å²) in [5, 5.41) is 9.60. The number of ether oxygens (including phenoxy) is 2. The Morgan fingerprint density at radius 3 is 2.48 bits per heavy atom. The molecule has 6 nitrogen and oxygen atoms in total. The molecular formula is C13H18FNO5S. The lowest BCUT2D eigenvalue weighted by Gasteiger charge is -2.29. The van der Waals surface area contributed by atoms with Gasteiger partial charge in [-0.1, -0.05) is 0 Å². The van der Waals surface area contributed by atoms with Crippen LogP contribution in [0.1, 0.15) is 12.8 Å². The predicted octanol–water partition coefficient (Wildman–Crippen LogP) is 0.988. The number of benzene rings is 1. The normalized spacial score (nSPS) is 20.3. The second-order valence-corrected chi connectivity index (χ2v) is 6.70. The molecule has 1 unspecified atom stereocenters. The van der Waals surface area contributed by atoms with Crippen molar-refractivity contribution in [1.82, 2.24) is 4.31 Å². The van der Waals surface area contributed by atoms with Crippen molar-refractivity contribution in [3.8, 4) is 11.5 Å². The predicted molar refractivity (Wildman–Crippen MR) is 73.5 cm³/mol. The molecule has 1 aromatic carbocycles. The fourth-order valence-corrected chi connectivity index (χ4v) is 3.89. The topological polar surface area (TPSA) is 76.1 Å². The van der Waals surface area contributed by atoms with Crippen LogP contribution in [-0.4, -0.2) is 51.2 Å². The van der Waals surface area contributed by atoms with Crippen molar-refractivity contribution < 1.29 is 27.4 Å². The van der Waals surface area contributed by atoms with Crippen LogP contribution in [0.4, 0.5) is 4.39 Å². The maximum atomic E-state index is 14.1. The van der Waals surface area contributed by atoms with Gasteiger partial charge < -0.3 is 14.6 Å². The first-order chi connectivity index (χ1) is 9.90. The summed E-state index contributed by atoms with van der Waals surface area (Å²) in [6, 6.07) is 2.08. The third-order valence-corrected chi connectivity index (χ3v) is 5.30. The zero-order valence-electron chi connectivity index (χ0n) is 11.9. The monoisotopic (exact) mass is 319 g/mol. The Bertz CT molecular complexity index is 619. The highest BCUT2D eigenvalue weighted by Gasteiger charge is 2.32. The number of aliphatic hydroxyl groups is 1. The highest BCUT2D eigenvalue weighted by Crippen LogP contribution is 2.33. The molecule has 8 heteroatoms. The molecule has 2 rings (SSSR count). The molecule has 1 aliphatic rings. The zero-order valence-corrected chi connectivity index (χ0v) is 12.7. The lowest BCUT2D eigenvalue weighted by molar-refractivity contribution is 0.108. The summed E-state index contributed by atoms with van der Waals surface area (Å²) < 4.78 is 50.1. The van der Waals surface area contributed by atoms with Crippen molar-refractivity contribution in [2.24, 2.45) is 0 Å². The van der Waals surface area contributed by atoms with Crippen LogP contribution in [0.25, 0.3) is 0 Å². The summed E-state index contributed by atoms with van der Waals surface area (Å²) in [4.78, 5) is -0.478. The van der Waals surface area contributed by atoms with Crippen molar-refractivity contribution in [1.29, 1.82) is 0 Å². The van der Waals surface area contributed by atoms with E-state index in [-0.39, 0.29) is 24.6 Å². The number of methoxy groups -OCH3 is 2. The molecule has 118 valence electrons. The first-order valence-electron chi connectivity index (χ1n) is 6.50. The number of halogens is 1. The number of β-amino-alcohol motifs (C(OH)–C–C–N with tert-alkyl or cyclic N) is 1. The minimum atomic E-state index is -4.02. The molecule has 1 atom stereocenters. The molecule has 0 radical (unpaired) electrons. The highest BCUT2D eigenvalue weighted by molar-refractivity contribution is 7.89. The van der Waals surface area contributed by atoms with E-state index >= 15 is 0 Å². The number of piperidine rings is 1. The molecule has 0 amide bonds. The second kappa shape index (κ2) is 6.17. The van der Waals surface area contributed by atoms with Gasteiger partial charge in [-0.15, -0.1) is 0 Å². The average molecular weight is 319 g/mol. The van der Waals surface area contributed by atoms with Gasteiger partial charge in [-0.05, 0) is 12.8 Å². The Morgan fingerprint density at radius 2 is 1.90 bits per heavy atom. The van der Waals surface area contributed by atoms with E-state index in [1.165, 1.54) is 14.2 Å². The number of hydrogen-bond acceptors (Lipinski definition) is 5. The van der Waals surface area contributed by atoms with Crippen LogP contribution in [0.3, 0.4) is 0 Å². The Labute approximate surface area is 123 Å². The van der Waals surface area contributed by atoms with Gasteiger partial charge in [0.1, 0.15) is 10.7 Å². The number of sulfonamides is 1. The van der Waals surface area contributed by atoms with Crippen LogP contribution in [0.2, 0.25) is 0 Å². The van der Waals surface area contributed by atoms with E-state index in [9.17, 15) is 17.9 Å². The molecule has 1 aromatic rings. The van der Waals surface area contributed by atoms with Gasteiger partial charge in [0, 0.05) is 25.2 Å². The first kappa shape index (κ1) is 16.0. The number of aliphatic hydroxyl groups excluding tert-OH is 1. The van der Waals surface area contributed by atoms with Crippen molar-refractivity contribution in [3.05, 3.63) is 17.9 Å². The molecule has 0 aromatic heterocycles. The van der Waals surface area contributed by atoms with Gasteiger partial charge in [0.15, 0.2) is 11.5 Å². The Balaban J connectivity index is 2.44. The molecule has 1 N–H and O–H groups in total. The molecule has 1 fully saturated rings. The maximum absolute atomic E-state index is 14.1. The van der Waals surface area contributed by atoms with E-state index < -0.39 is 26.8 Å². The molecule has 1 heterocycles. The van der Waals surface area contributed by atoms with Gasteiger partial charge in [0.25, 0.3) is 0 Å². The van der Waals surface area contributed by atoms with Crippen LogP contribution in [0, 0.1) is 5.82 Å². The van der Waals surface area contributed by atoms with E-state index in [0.29, 0.717) is 12.8 Å². The minimum Gasteiger partial charge on any atom is -0.493 e. The summed E-state index contributed by atoms with van der Waals surface area (Å²) in [6.45, 7) is 0.225. The van der Waals surface area contributed by atoms with Gasteiger partial charge in [-0.25, -0.2) is 12.8 Å². The van der Waals surface area contributed by atoms with E-state index in [1.807, 2.05) is 0 Å². The van der Waals surface area contributed by atoms with Gasteiger partial charge in [0.05, 0.1) is 20.3 Å². The van der Waals surface area contributed by atoms with E-state index in [4.69, 9.17) is 9.47 Å². The van der Waals surface area contributed by atoms with Gasteiger partial charge in [0.2, 0.25) is 10.0 Å². The maximum Gasteiger partial charge on any atom is 0.246 e. The molecule has 1 aliphatic heterocycles. The van der Waals surface area contributed by atoms with Crippen LogP contribution < -0.4 is 9.47 Å². The highest BCUT2D eigenvalue weighted by atomic mass is 32.2. The minimum absolute atomic E-state index is 0.0316.